The third-order valence-corrected chi connectivity index (χ3v) is 5.98. The molecule has 1 aliphatic heterocycles. The summed E-state index contributed by atoms with van der Waals surface area (Å²) >= 11 is 1.25. The van der Waals surface area contributed by atoms with E-state index in [4.69, 9.17) is 9.47 Å². The number of carbonyl (C=O) groups is 2. The van der Waals surface area contributed by atoms with Gasteiger partial charge in [-0.1, -0.05) is 0 Å². The van der Waals surface area contributed by atoms with Crippen LogP contribution in [0.25, 0.3) is 5.57 Å². The molecule has 6 nitrogen and oxygen atoms in total. The van der Waals surface area contributed by atoms with Crippen LogP contribution in [0.3, 0.4) is 0 Å². The molecule has 2 heterocycles. The number of alkyl halides is 3. The van der Waals surface area contributed by atoms with Crippen molar-refractivity contribution in [1.82, 2.24) is 4.90 Å². The van der Waals surface area contributed by atoms with E-state index in [9.17, 15) is 27.2 Å². The Bertz CT molecular complexity index is 1090. The van der Waals surface area contributed by atoms with Crippen LogP contribution in [0.5, 0.6) is 5.75 Å². The van der Waals surface area contributed by atoms with Gasteiger partial charge in [-0.05, 0) is 50.4 Å². The van der Waals surface area contributed by atoms with E-state index >= 15 is 0 Å². The summed E-state index contributed by atoms with van der Waals surface area (Å²) in [5, 5.41) is 3.89. The molecule has 32 heavy (non-hydrogen) atoms. The molecule has 0 spiro atoms. The smallest absolute Gasteiger partial charge is 0.416 e. The predicted octanol–water partition coefficient (Wildman–Crippen LogP) is 4.88. The summed E-state index contributed by atoms with van der Waals surface area (Å²) < 4.78 is 63.9. The van der Waals surface area contributed by atoms with Crippen molar-refractivity contribution >= 4 is 34.4 Å². The summed E-state index contributed by atoms with van der Waals surface area (Å²) in [7, 11) is 1.45. The molecule has 11 heteroatoms. The van der Waals surface area contributed by atoms with Crippen molar-refractivity contribution in [2.24, 2.45) is 0 Å². The van der Waals surface area contributed by atoms with Crippen molar-refractivity contribution in [2.75, 3.05) is 19.2 Å². The van der Waals surface area contributed by atoms with Gasteiger partial charge in [0.05, 0.1) is 28.8 Å². The average molecular weight is 472 g/mol. The molecule has 0 unspecified atom stereocenters. The number of hydrogen-bond donors (Lipinski definition) is 1. The first-order chi connectivity index (χ1) is 14.9. The van der Waals surface area contributed by atoms with Gasteiger partial charge in [-0.25, -0.2) is 4.39 Å². The number of benzene rings is 1. The van der Waals surface area contributed by atoms with Crippen molar-refractivity contribution in [3.63, 3.8) is 0 Å². The van der Waals surface area contributed by atoms with Gasteiger partial charge in [0.15, 0.2) is 6.73 Å². The Labute approximate surface area is 185 Å². The Morgan fingerprint density at radius 2 is 1.94 bits per heavy atom. The molecular weight excluding hydrogens is 452 g/mol. The Morgan fingerprint density at radius 1 is 1.25 bits per heavy atom. The molecule has 1 N–H and O–H groups in total. The molecule has 1 aromatic heterocycles. The van der Waals surface area contributed by atoms with Crippen molar-refractivity contribution in [1.29, 1.82) is 0 Å². The Morgan fingerprint density at radius 3 is 2.56 bits per heavy atom. The van der Waals surface area contributed by atoms with Gasteiger partial charge in [0.25, 0.3) is 5.91 Å². The number of allylic oxidation sites excluding steroid dienone is 1. The van der Waals surface area contributed by atoms with E-state index < -0.39 is 40.6 Å². The van der Waals surface area contributed by atoms with Crippen LogP contribution < -0.4 is 10.1 Å². The highest BCUT2D eigenvalue weighted by molar-refractivity contribution is 7.12. The summed E-state index contributed by atoms with van der Waals surface area (Å²) in [4.78, 5) is 27.9. The lowest BCUT2D eigenvalue weighted by Crippen LogP contribution is -2.57. The first-order valence-electron chi connectivity index (χ1n) is 9.33. The summed E-state index contributed by atoms with van der Waals surface area (Å²) in [6.07, 6.45) is -4.71. The largest absolute Gasteiger partial charge is 0.495 e. The highest BCUT2D eigenvalue weighted by atomic mass is 32.1. The maximum atomic E-state index is 14.1. The fourth-order valence-electron chi connectivity index (χ4n) is 3.09. The third-order valence-electron chi connectivity index (χ3n) is 5.07. The van der Waals surface area contributed by atoms with Crippen LogP contribution in [0.15, 0.2) is 35.4 Å². The second-order valence-electron chi connectivity index (χ2n) is 7.46. The number of carbonyl (C=O) groups excluding carboxylic acids is 2. The lowest BCUT2D eigenvalue weighted by molar-refractivity contribution is -0.147. The Hall–Kier alpha value is -3.08. The number of thiophene rings is 1. The zero-order valence-corrected chi connectivity index (χ0v) is 18.4. The summed E-state index contributed by atoms with van der Waals surface area (Å²) in [6, 6.07) is 3.38. The van der Waals surface area contributed by atoms with Crippen molar-refractivity contribution < 1.29 is 36.6 Å². The maximum absolute atomic E-state index is 14.1. The minimum atomic E-state index is -4.71. The van der Waals surface area contributed by atoms with Gasteiger partial charge in [-0.2, -0.15) is 13.2 Å². The molecule has 3 rings (SSSR count). The van der Waals surface area contributed by atoms with Crippen LogP contribution in [0.4, 0.5) is 23.2 Å². The standard InChI is InChI=1S/C21H20F4N2O4S/c1-11-16(17-15(30-4)7-8-32-17)18(28)27(10-31-11)20(2,3)19(29)26-14-9-12(21(23,24)25)5-6-13(14)22/h5-9H,10H2,1-4H3,(H,26,29). The van der Waals surface area contributed by atoms with Crippen LogP contribution in [0, 0.1) is 5.82 Å². The normalized spacial score (nSPS) is 15.0. The number of nitrogens with zero attached hydrogens (tertiary/aromatic N) is 1. The van der Waals surface area contributed by atoms with Gasteiger partial charge < -0.3 is 14.8 Å². The number of ether oxygens (including phenoxy) is 2. The molecule has 0 fully saturated rings. The van der Waals surface area contributed by atoms with Crippen LogP contribution in [-0.4, -0.2) is 36.1 Å². The number of hydrogen-bond acceptors (Lipinski definition) is 5. The average Bonchev–Trinajstić information content (AvgIpc) is 3.16. The van der Waals surface area contributed by atoms with Gasteiger partial charge in [0, 0.05) is 0 Å². The molecule has 172 valence electrons. The molecule has 0 atom stereocenters. The molecule has 0 bridgehead atoms. The molecule has 0 aliphatic carbocycles. The molecule has 2 aromatic rings. The third kappa shape index (κ3) is 4.29. The SMILES string of the molecule is COc1ccsc1C1=C(C)OCN(C(C)(C)C(=O)Nc2cc(C(F)(F)F)ccc2F)C1=O. The zero-order chi connectivity index (χ0) is 23.8. The second kappa shape index (κ2) is 8.45. The quantitative estimate of drug-likeness (QED) is 0.630. The number of amides is 2. The molecule has 1 aromatic carbocycles. The van der Waals surface area contributed by atoms with Gasteiger partial charge >= 0.3 is 6.18 Å². The van der Waals surface area contributed by atoms with Crippen molar-refractivity contribution in [2.45, 2.75) is 32.5 Å². The fourth-order valence-corrected chi connectivity index (χ4v) is 4.03. The molecule has 2 amide bonds. The molecule has 0 radical (unpaired) electrons. The Kier molecular flexibility index (Phi) is 6.23. The lowest BCUT2D eigenvalue weighted by Gasteiger charge is -2.40. The predicted molar refractivity (Wildman–Crippen MR) is 110 cm³/mol. The van der Waals surface area contributed by atoms with E-state index in [1.54, 1.807) is 18.4 Å². The lowest BCUT2D eigenvalue weighted by atomic mass is 9.98. The van der Waals surface area contributed by atoms with Gasteiger partial charge in [0.1, 0.15) is 22.9 Å². The van der Waals surface area contributed by atoms with Crippen LogP contribution in [-0.2, 0) is 20.5 Å². The van der Waals surface area contributed by atoms with Crippen LogP contribution >= 0.6 is 11.3 Å². The van der Waals surface area contributed by atoms with Crippen LogP contribution in [0.2, 0.25) is 0 Å². The summed E-state index contributed by atoms with van der Waals surface area (Å²) in [5.41, 5.74) is -3.15. The number of halogens is 4. The number of rotatable bonds is 5. The molecule has 0 saturated heterocycles. The minimum Gasteiger partial charge on any atom is -0.495 e. The number of nitrogens with one attached hydrogen (secondary N) is 1. The summed E-state index contributed by atoms with van der Waals surface area (Å²) in [5.74, 6) is -1.66. The van der Waals surface area contributed by atoms with E-state index in [0.717, 1.165) is 4.90 Å². The molecular formula is C21H20F4N2O4S. The monoisotopic (exact) mass is 472 g/mol. The second-order valence-corrected chi connectivity index (χ2v) is 8.38. The first-order valence-corrected chi connectivity index (χ1v) is 10.2. The highest BCUT2D eigenvalue weighted by Crippen LogP contribution is 2.38. The van der Waals surface area contributed by atoms with Crippen LogP contribution in [0.1, 0.15) is 31.2 Å². The van der Waals surface area contributed by atoms with E-state index in [2.05, 4.69) is 5.32 Å². The highest BCUT2D eigenvalue weighted by Gasteiger charge is 2.43. The van der Waals surface area contributed by atoms with Gasteiger partial charge in [-0.15, -0.1) is 11.3 Å². The first kappa shape index (κ1) is 23.6. The summed E-state index contributed by atoms with van der Waals surface area (Å²) in [6.45, 7) is 4.11. The van der Waals surface area contributed by atoms with E-state index in [1.165, 1.54) is 32.3 Å². The number of methoxy groups -OCH3 is 1. The van der Waals surface area contributed by atoms with Crippen molar-refractivity contribution in [3.8, 4) is 5.75 Å². The minimum absolute atomic E-state index is 0.203. The fraction of sp³-hybridized carbons (Fsp3) is 0.333. The Balaban J connectivity index is 1.90. The van der Waals surface area contributed by atoms with Gasteiger partial charge in [-0.3, -0.25) is 14.5 Å². The van der Waals surface area contributed by atoms with E-state index in [0.29, 0.717) is 34.6 Å². The van der Waals surface area contributed by atoms with E-state index in [-0.39, 0.29) is 12.3 Å². The van der Waals surface area contributed by atoms with Gasteiger partial charge in [0.2, 0.25) is 5.91 Å². The molecule has 0 saturated carbocycles. The molecule has 1 aliphatic rings. The number of anilines is 1. The van der Waals surface area contributed by atoms with E-state index in [1.807, 2.05) is 0 Å². The maximum Gasteiger partial charge on any atom is 0.416 e. The topological polar surface area (TPSA) is 67.9 Å². The van der Waals surface area contributed by atoms with Crippen molar-refractivity contribution in [3.05, 3.63) is 51.7 Å². The zero-order valence-electron chi connectivity index (χ0n) is 17.6.